The van der Waals surface area contributed by atoms with Crippen molar-refractivity contribution in [3.05, 3.63) is 41.5 Å². The summed E-state index contributed by atoms with van der Waals surface area (Å²) in [6.07, 6.45) is 2.72. The summed E-state index contributed by atoms with van der Waals surface area (Å²) in [5.74, 6) is 4.09. The summed E-state index contributed by atoms with van der Waals surface area (Å²) in [4.78, 5) is 37.6. The zero-order valence-corrected chi connectivity index (χ0v) is 18.4. The molecule has 0 saturated heterocycles. The van der Waals surface area contributed by atoms with Crippen LogP contribution in [-0.4, -0.2) is 36.9 Å². The fourth-order valence-electron chi connectivity index (χ4n) is 2.55. The molecule has 1 aromatic carbocycles. The Balaban J connectivity index is 3.24. The molecule has 0 aliphatic heterocycles. The van der Waals surface area contributed by atoms with Crippen molar-refractivity contribution in [2.45, 2.75) is 59.2 Å². The molecule has 0 aliphatic rings. The van der Waals surface area contributed by atoms with Crippen molar-refractivity contribution in [3.63, 3.8) is 0 Å². The summed E-state index contributed by atoms with van der Waals surface area (Å²) >= 11 is 0. The minimum absolute atomic E-state index is 0.0942. The van der Waals surface area contributed by atoms with E-state index >= 15 is 0 Å². The minimum Gasteiger partial charge on any atom is -0.497 e. The van der Waals surface area contributed by atoms with Gasteiger partial charge in [0.25, 0.3) is 0 Å². The van der Waals surface area contributed by atoms with Crippen LogP contribution in [0.25, 0.3) is 0 Å². The van der Waals surface area contributed by atoms with E-state index < -0.39 is 17.4 Å². The highest BCUT2D eigenvalue weighted by molar-refractivity contribution is 6.24. The van der Waals surface area contributed by atoms with Gasteiger partial charge in [-0.15, -0.1) is 0 Å². The molecule has 30 heavy (non-hydrogen) atoms. The van der Waals surface area contributed by atoms with E-state index in [1.807, 2.05) is 19.1 Å². The number of ketones is 2. The molecule has 0 heterocycles. The van der Waals surface area contributed by atoms with Crippen LogP contribution in [0.3, 0.4) is 0 Å². The molecule has 0 unspecified atom stereocenters. The van der Waals surface area contributed by atoms with Crippen molar-refractivity contribution in [3.8, 4) is 17.6 Å². The number of unbranched alkanes of at least 4 members (excludes halogenated alkanes) is 1. The smallest absolute Gasteiger partial charge is 0.342 e. The van der Waals surface area contributed by atoms with Crippen LogP contribution in [0.4, 0.5) is 0 Å². The summed E-state index contributed by atoms with van der Waals surface area (Å²) < 4.78 is 16.0. The van der Waals surface area contributed by atoms with E-state index in [-0.39, 0.29) is 31.0 Å². The number of ether oxygens (including phenoxy) is 3. The topological polar surface area (TPSA) is 78.9 Å². The second-order valence-electron chi connectivity index (χ2n) is 6.68. The fraction of sp³-hybridized carbons (Fsp3) is 0.458. The third-order valence-corrected chi connectivity index (χ3v) is 4.31. The quantitative estimate of drug-likeness (QED) is 0.137. The van der Waals surface area contributed by atoms with Gasteiger partial charge in [0.2, 0.25) is 5.78 Å². The number of methoxy groups -OCH3 is 1. The highest BCUT2D eigenvalue weighted by Crippen LogP contribution is 2.22. The van der Waals surface area contributed by atoms with E-state index in [9.17, 15) is 14.4 Å². The van der Waals surface area contributed by atoms with Crippen LogP contribution >= 0.6 is 0 Å². The fourth-order valence-corrected chi connectivity index (χ4v) is 2.55. The third kappa shape index (κ3) is 7.49. The van der Waals surface area contributed by atoms with E-state index in [1.54, 1.807) is 33.1 Å². The van der Waals surface area contributed by atoms with Crippen LogP contribution in [0.2, 0.25) is 0 Å². The Morgan fingerprint density at radius 1 is 1.10 bits per heavy atom. The van der Waals surface area contributed by atoms with Crippen LogP contribution in [-0.2, 0) is 30.5 Å². The van der Waals surface area contributed by atoms with Gasteiger partial charge in [0.1, 0.15) is 16.9 Å². The van der Waals surface area contributed by atoms with Gasteiger partial charge in [-0.2, -0.15) is 0 Å². The van der Waals surface area contributed by atoms with Gasteiger partial charge in [-0.1, -0.05) is 31.9 Å². The number of benzene rings is 1. The Labute approximate surface area is 178 Å². The molecule has 6 heteroatoms. The van der Waals surface area contributed by atoms with E-state index in [4.69, 9.17) is 14.2 Å². The molecular formula is C24H30O6. The number of carbonyl (C=O) groups is 3. The highest BCUT2D eigenvalue weighted by Gasteiger charge is 2.34. The van der Waals surface area contributed by atoms with Crippen LogP contribution in [0, 0.1) is 11.8 Å². The van der Waals surface area contributed by atoms with Crippen LogP contribution in [0.5, 0.6) is 5.75 Å². The van der Waals surface area contributed by atoms with E-state index in [0.29, 0.717) is 12.2 Å². The van der Waals surface area contributed by atoms with E-state index in [1.165, 1.54) is 13.0 Å². The molecule has 1 atom stereocenters. The largest absolute Gasteiger partial charge is 0.497 e. The Morgan fingerprint density at radius 2 is 1.77 bits per heavy atom. The summed E-state index contributed by atoms with van der Waals surface area (Å²) in [6.45, 7) is 7.00. The maximum absolute atomic E-state index is 12.7. The number of hydrogen-bond donors (Lipinski definition) is 0. The van der Waals surface area contributed by atoms with E-state index in [0.717, 1.165) is 12.0 Å². The molecule has 0 saturated carbocycles. The number of esters is 1. The third-order valence-electron chi connectivity index (χ3n) is 4.31. The van der Waals surface area contributed by atoms with Crippen molar-refractivity contribution >= 4 is 17.5 Å². The molecular weight excluding hydrogens is 384 g/mol. The van der Waals surface area contributed by atoms with Crippen molar-refractivity contribution in [1.29, 1.82) is 0 Å². The first-order valence-electron chi connectivity index (χ1n) is 10.0. The zero-order valence-electron chi connectivity index (χ0n) is 18.4. The summed E-state index contributed by atoms with van der Waals surface area (Å²) in [5, 5.41) is 0. The van der Waals surface area contributed by atoms with Crippen molar-refractivity contribution in [1.82, 2.24) is 0 Å². The summed E-state index contributed by atoms with van der Waals surface area (Å²) in [7, 11) is 1.57. The average Bonchev–Trinajstić information content (AvgIpc) is 2.76. The van der Waals surface area contributed by atoms with E-state index in [2.05, 4.69) is 11.8 Å². The van der Waals surface area contributed by atoms with Crippen LogP contribution in [0.15, 0.2) is 35.9 Å². The van der Waals surface area contributed by atoms with Crippen molar-refractivity contribution in [2.75, 3.05) is 13.7 Å². The van der Waals surface area contributed by atoms with Gasteiger partial charge < -0.3 is 14.2 Å². The molecule has 0 radical (unpaired) electrons. The second kappa shape index (κ2) is 12.6. The number of carbonyl (C=O) groups excluding carboxylic acids is 3. The Morgan fingerprint density at radius 3 is 2.30 bits per heavy atom. The lowest BCUT2D eigenvalue weighted by Gasteiger charge is -2.25. The average molecular weight is 414 g/mol. The second-order valence-corrected chi connectivity index (χ2v) is 6.68. The summed E-state index contributed by atoms with van der Waals surface area (Å²) in [6, 6.07) is 7.19. The first kappa shape index (κ1) is 25.1. The van der Waals surface area contributed by atoms with Gasteiger partial charge in [-0.25, -0.2) is 4.79 Å². The van der Waals surface area contributed by atoms with Crippen molar-refractivity contribution < 1.29 is 28.6 Å². The Hall–Kier alpha value is -2.91. The molecule has 0 spiro atoms. The maximum atomic E-state index is 12.7. The Kier molecular flexibility index (Phi) is 10.6. The summed E-state index contributed by atoms with van der Waals surface area (Å²) in [5.41, 5.74) is -0.968. The Bertz CT molecular complexity index is 825. The van der Waals surface area contributed by atoms with Crippen LogP contribution in [0.1, 0.15) is 52.5 Å². The number of hydrogen-bond acceptors (Lipinski definition) is 6. The molecule has 1 rings (SSSR count). The molecule has 0 aromatic heterocycles. The predicted octanol–water partition coefficient (Wildman–Crippen LogP) is 3.81. The monoisotopic (exact) mass is 414 g/mol. The van der Waals surface area contributed by atoms with Gasteiger partial charge >= 0.3 is 5.97 Å². The highest BCUT2D eigenvalue weighted by atomic mass is 16.5. The SMILES string of the molecule is CCCC#CC(=O)/C(=C/[C@](C)(OCc1ccc(OC)cc1)C(=O)CC)C(=O)OCC. The molecule has 0 fully saturated rings. The molecule has 0 amide bonds. The van der Waals surface area contributed by atoms with Gasteiger partial charge in [0.05, 0.1) is 20.3 Å². The first-order valence-corrected chi connectivity index (χ1v) is 10.0. The molecule has 6 nitrogen and oxygen atoms in total. The standard InChI is InChI=1S/C24H30O6/c1-6-9-10-11-21(25)20(23(27)29-8-3)16-24(4,22(26)7-2)30-17-18-12-14-19(28-5)15-13-18/h12-16H,6-9,17H2,1-5H3/b20-16-/t24-/m0/s1. The normalized spacial score (nSPS) is 12.9. The van der Waals surface area contributed by atoms with Gasteiger partial charge in [0, 0.05) is 12.8 Å². The molecule has 0 bridgehead atoms. The molecule has 162 valence electrons. The number of Topliss-reactive ketones (excluding diaryl/α,β-unsaturated/α-hetero) is 2. The predicted molar refractivity (Wildman–Crippen MR) is 114 cm³/mol. The minimum atomic E-state index is -1.49. The maximum Gasteiger partial charge on any atom is 0.342 e. The lowest BCUT2D eigenvalue weighted by Crippen LogP contribution is -2.37. The van der Waals surface area contributed by atoms with Gasteiger partial charge in [-0.05, 0) is 50.0 Å². The van der Waals surface area contributed by atoms with Crippen molar-refractivity contribution in [2.24, 2.45) is 0 Å². The molecule has 1 aromatic rings. The van der Waals surface area contributed by atoms with Crippen LogP contribution < -0.4 is 4.74 Å². The zero-order chi connectivity index (χ0) is 22.6. The molecule has 0 aliphatic carbocycles. The molecule has 0 N–H and O–H groups in total. The number of rotatable bonds is 11. The van der Waals surface area contributed by atoms with Gasteiger partial charge in [-0.3, -0.25) is 9.59 Å². The van der Waals surface area contributed by atoms with Gasteiger partial charge in [0.15, 0.2) is 5.78 Å². The first-order chi connectivity index (χ1) is 14.3. The lowest BCUT2D eigenvalue weighted by molar-refractivity contribution is -0.140. The lowest BCUT2D eigenvalue weighted by atomic mass is 9.93.